The molecule has 0 unspecified atom stereocenters. The van der Waals surface area contributed by atoms with Crippen molar-refractivity contribution < 1.29 is 9.53 Å². The number of amides is 1. The monoisotopic (exact) mass is 198 g/mol. The zero-order valence-electron chi connectivity index (χ0n) is 8.88. The Labute approximate surface area is 84.6 Å². The molecule has 0 saturated carbocycles. The lowest BCUT2D eigenvalue weighted by Gasteiger charge is -2.34. The normalized spacial score (nSPS) is 38.6. The van der Waals surface area contributed by atoms with E-state index in [-0.39, 0.29) is 11.7 Å². The van der Waals surface area contributed by atoms with Crippen LogP contribution in [0.5, 0.6) is 0 Å². The number of cyclic esters (lactones) is 1. The van der Waals surface area contributed by atoms with Gasteiger partial charge in [0.1, 0.15) is 5.60 Å². The van der Waals surface area contributed by atoms with Crippen molar-refractivity contribution in [3.63, 3.8) is 0 Å². The summed E-state index contributed by atoms with van der Waals surface area (Å²) in [5, 5.41) is 3.36. The van der Waals surface area contributed by atoms with Gasteiger partial charge in [0.25, 0.3) is 0 Å². The molecule has 80 valence electrons. The SMILES string of the molecule is CN1C[C@](C)([C@H]2CCCNC2)OC1=O. The number of hydrogen-bond acceptors (Lipinski definition) is 3. The molecule has 2 rings (SSSR count). The average molecular weight is 198 g/mol. The largest absolute Gasteiger partial charge is 0.441 e. The maximum atomic E-state index is 11.3. The van der Waals surface area contributed by atoms with Crippen molar-refractivity contribution in [3.8, 4) is 0 Å². The smallest absolute Gasteiger partial charge is 0.410 e. The number of nitrogens with zero attached hydrogens (tertiary/aromatic N) is 1. The van der Waals surface area contributed by atoms with Gasteiger partial charge in [-0.2, -0.15) is 0 Å². The zero-order chi connectivity index (χ0) is 10.2. The van der Waals surface area contributed by atoms with Crippen LogP contribution in [0.4, 0.5) is 4.79 Å². The first-order valence-electron chi connectivity index (χ1n) is 5.27. The summed E-state index contributed by atoms with van der Waals surface area (Å²) in [5.41, 5.74) is -0.279. The van der Waals surface area contributed by atoms with Gasteiger partial charge >= 0.3 is 6.09 Å². The summed E-state index contributed by atoms with van der Waals surface area (Å²) in [5.74, 6) is 0.463. The molecule has 0 radical (unpaired) electrons. The molecule has 2 saturated heterocycles. The van der Waals surface area contributed by atoms with E-state index >= 15 is 0 Å². The number of hydrogen-bond donors (Lipinski definition) is 1. The summed E-state index contributed by atoms with van der Waals surface area (Å²) in [6.45, 7) is 4.83. The van der Waals surface area contributed by atoms with Crippen molar-refractivity contribution in [1.29, 1.82) is 0 Å². The predicted octanol–water partition coefficient (Wildman–Crippen LogP) is 0.827. The van der Waals surface area contributed by atoms with Crippen LogP contribution in [0.15, 0.2) is 0 Å². The summed E-state index contributed by atoms with van der Waals surface area (Å²) < 4.78 is 5.45. The van der Waals surface area contributed by atoms with Crippen LogP contribution in [0.2, 0.25) is 0 Å². The Balaban J connectivity index is 2.04. The van der Waals surface area contributed by atoms with E-state index in [9.17, 15) is 4.79 Å². The first-order chi connectivity index (χ1) is 6.62. The molecule has 4 heteroatoms. The quantitative estimate of drug-likeness (QED) is 0.678. The predicted molar refractivity (Wildman–Crippen MR) is 53.1 cm³/mol. The minimum atomic E-state index is -0.279. The number of ether oxygens (including phenoxy) is 1. The molecule has 2 aliphatic rings. The Morgan fingerprint density at radius 2 is 2.43 bits per heavy atom. The van der Waals surface area contributed by atoms with Crippen LogP contribution < -0.4 is 5.32 Å². The molecule has 1 amide bonds. The van der Waals surface area contributed by atoms with Crippen LogP contribution in [-0.4, -0.2) is 43.3 Å². The molecule has 0 spiro atoms. The molecule has 2 atom stereocenters. The van der Waals surface area contributed by atoms with Crippen LogP contribution in [0.3, 0.4) is 0 Å². The number of carbonyl (C=O) groups is 1. The van der Waals surface area contributed by atoms with Crippen molar-refractivity contribution in [2.24, 2.45) is 5.92 Å². The lowest BCUT2D eigenvalue weighted by atomic mass is 9.83. The minimum Gasteiger partial charge on any atom is -0.441 e. The molecule has 14 heavy (non-hydrogen) atoms. The molecule has 0 aromatic carbocycles. The van der Waals surface area contributed by atoms with E-state index in [0.29, 0.717) is 5.92 Å². The maximum absolute atomic E-state index is 11.3. The molecule has 0 aliphatic carbocycles. The highest BCUT2D eigenvalue weighted by molar-refractivity contribution is 5.70. The van der Waals surface area contributed by atoms with Crippen molar-refractivity contribution in [2.75, 3.05) is 26.7 Å². The first-order valence-corrected chi connectivity index (χ1v) is 5.27. The topological polar surface area (TPSA) is 41.6 Å². The minimum absolute atomic E-state index is 0.182. The van der Waals surface area contributed by atoms with Crippen molar-refractivity contribution >= 4 is 6.09 Å². The highest BCUT2D eigenvalue weighted by atomic mass is 16.6. The Bertz CT molecular complexity index is 238. The van der Waals surface area contributed by atoms with E-state index in [4.69, 9.17) is 4.74 Å². The summed E-state index contributed by atoms with van der Waals surface area (Å²) in [4.78, 5) is 13.0. The van der Waals surface area contributed by atoms with Crippen LogP contribution in [0.25, 0.3) is 0 Å². The third kappa shape index (κ3) is 1.59. The molecule has 1 N–H and O–H groups in total. The molecular formula is C10H18N2O2. The summed E-state index contributed by atoms with van der Waals surface area (Å²) in [7, 11) is 1.80. The van der Waals surface area contributed by atoms with Gasteiger partial charge in [0.15, 0.2) is 0 Å². The van der Waals surface area contributed by atoms with Crippen molar-refractivity contribution in [3.05, 3.63) is 0 Å². The number of piperidine rings is 1. The van der Waals surface area contributed by atoms with E-state index < -0.39 is 0 Å². The molecule has 0 aromatic heterocycles. The van der Waals surface area contributed by atoms with Gasteiger partial charge in [-0.1, -0.05) is 0 Å². The molecule has 0 bridgehead atoms. The third-order valence-corrected chi connectivity index (χ3v) is 3.34. The molecule has 2 fully saturated rings. The van der Waals surface area contributed by atoms with E-state index in [1.807, 2.05) is 6.92 Å². The fourth-order valence-corrected chi connectivity index (χ4v) is 2.43. The van der Waals surface area contributed by atoms with E-state index in [2.05, 4.69) is 5.32 Å². The molecule has 2 heterocycles. The van der Waals surface area contributed by atoms with Gasteiger partial charge in [-0.3, -0.25) is 0 Å². The van der Waals surface area contributed by atoms with Gasteiger partial charge in [-0.15, -0.1) is 0 Å². The zero-order valence-corrected chi connectivity index (χ0v) is 8.88. The summed E-state index contributed by atoms with van der Waals surface area (Å²) in [6, 6.07) is 0. The summed E-state index contributed by atoms with van der Waals surface area (Å²) >= 11 is 0. The Kier molecular flexibility index (Phi) is 2.39. The van der Waals surface area contributed by atoms with Gasteiger partial charge in [0.2, 0.25) is 0 Å². The number of carbonyl (C=O) groups excluding carboxylic acids is 1. The third-order valence-electron chi connectivity index (χ3n) is 3.34. The van der Waals surface area contributed by atoms with Crippen molar-refractivity contribution in [1.82, 2.24) is 10.2 Å². The fraction of sp³-hybridized carbons (Fsp3) is 0.900. The van der Waals surface area contributed by atoms with E-state index in [1.54, 1.807) is 11.9 Å². The van der Waals surface area contributed by atoms with Gasteiger partial charge in [0, 0.05) is 19.5 Å². The second kappa shape index (κ2) is 3.42. The Morgan fingerprint density at radius 1 is 1.64 bits per heavy atom. The van der Waals surface area contributed by atoms with Crippen LogP contribution in [0, 0.1) is 5.92 Å². The number of likely N-dealkylation sites (N-methyl/N-ethyl adjacent to an activating group) is 1. The molecule has 4 nitrogen and oxygen atoms in total. The first kappa shape index (κ1) is 9.77. The second-order valence-electron chi connectivity index (χ2n) is 4.58. The second-order valence-corrected chi connectivity index (χ2v) is 4.58. The van der Waals surface area contributed by atoms with Crippen LogP contribution >= 0.6 is 0 Å². The lowest BCUT2D eigenvalue weighted by Crippen LogP contribution is -2.46. The van der Waals surface area contributed by atoms with E-state index in [1.165, 1.54) is 6.42 Å². The van der Waals surface area contributed by atoms with E-state index in [0.717, 1.165) is 26.1 Å². The number of nitrogens with one attached hydrogen (secondary N) is 1. The van der Waals surface area contributed by atoms with Gasteiger partial charge < -0.3 is 15.0 Å². The standard InChI is InChI=1S/C10H18N2O2/c1-10(7-12(2)9(13)14-10)8-4-3-5-11-6-8/h8,11H,3-7H2,1-2H3/t8-,10+/m0/s1. The molecule has 0 aromatic rings. The highest BCUT2D eigenvalue weighted by Gasteiger charge is 2.45. The number of rotatable bonds is 1. The fourth-order valence-electron chi connectivity index (χ4n) is 2.43. The Hall–Kier alpha value is -0.770. The van der Waals surface area contributed by atoms with Crippen molar-refractivity contribution in [2.45, 2.75) is 25.4 Å². The van der Waals surface area contributed by atoms with Gasteiger partial charge in [-0.05, 0) is 26.3 Å². The van der Waals surface area contributed by atoms with Crippen LogP contribution in [0.1, 0.15) is 19.8 Å². The maximum Gasteiger partial charge on any atom is 0.410 e. The molecular weight excluding hydrogens is 180 g/mol. The van der Waals surface area contributed by atoms with Gasteiger partial charge in [-0.25, -0.2) is 4.79 Å². The summed E-state index contributed by atoms with van der Waals surface area (Å²) in [6.07, 6.45) is 2.16. The Morgan fingerprint density at radius 3 is 2.93 bits per heavy atom. The average Bonchev–Trinajstić information content (AvgIpc) is 2.44. The van der Waals surface area contributed by atoms with Crippen LogP contribution in [-0.2, 0) is 4.74 Å². The molecule has 2 aliphatic heterocycles. The van der Waals surface area contributed by atoms with Gasteiger partial charge in [0.05, 0.1) is 6.54 Å². The highest BCUT2D eigenvalue weighted by Crippen LogP contribution is 2.32. The lowest BCUT2D eigenvalue weighted by molar-refractivity contribution is 0.0122.